The second-order valence-electron chi connectivity index (χ2n) is 5.53. The summed E-state index contributed by atoms with van der Waals surface area (Å²) in [6.07, 6.45) is 1.10. The molecule has 0 aliphatic carbocycles. The van der Waals surface area contributed by atoms with E-state index in [1.165, 1.54) is 22.3 Å². The van der Waals surface area contributed by atoms with E-state index in [0.717, 1.165) is 12.2 Å². The third-order valence-corrected chi connectivity index (χ3v) is 4.23. The van der Waals surface area contributed by atoms with Gasteiger partial charge in [-0.2, -0.15) is 0 Å². The first-order chi connectivity index (χ1) is 9.70. The summed E-state index contributed by atoms with van der Waals surface area (Å²) in [6.45, 7) is 4.33. The van der Waals surface area contributed by atoms with Crippen LogP contribution in [-0.2, 0) is 0 Å². The van der Waals surface area contributed by atoms with Gasteiger partial charge in [0.2, 0.25) is 0 Å². The molecular weight excluding hydrogens is 246 g/mol. The van der Waals surface area contributed by atoms with Crippen molar-refractivity contribution in [2.75, 3.05) is 7.05 Å². The molecule has 0 fully saturated rings. The lowest BCUT2D eigenvalue weighted by atomic mass is 9.89. The molecular formula is C18H21NO. The molecule has 104 valence electrons. The van der Waals surface area contributed by atoms with Crippen LogP contribution in [0.5, 0.6) is 5.75 Å². The second kappa shape index (κ2) is 5.29. The van der Waals surface area contributed by atoms with E-state index < -0.39 is 0 Å². The molecule has 3 rings (SSSR count). The van der Waals surface area contributed by atoms with Gasteiger partial charge in [0.25, 0.3) is 0 Å². The Balaban J connectivity index is 2.02. The van der Waals surface area contributed by atoms with Gasteiger partial charge < -0.3 is 10.1 Å². The van der Waals surface area contributed by atoms with E-state index >= 15 is 0 Å². The number of hydrogen-bond acceptors (Lipinski definition) is 2. The normalized spacial score (nSPS) is 21.1. The monoisotopic (exact) mass is 267 g/mol. The average molecular weight is 267 g/mol. The zero-order valence-electron chi connectivity index (χ0n) is 12.3. The third-order valence-electron chi connectivity index (χ3n) is 4.23. The maximum absolute atomic E-state index is 6.27. The van der Waals surface area contributed by atoms with Crippen molar-refractivity contribution in [3.63, 3.8) is 0 Å². The fraction of sp³-hybridized carbons (Fsp3) is 0.333. The molecule has 0 bridgehead atoms. The van der Waals surface area contributed by atoms with Gasteiger partial charge in [0.15, 0.2) is 0 Å². The quantitative estimate of drug-likeness (QED) is 0.885. The van der Waals surface area contributed by atoms with Crippen molar-refractivity contribution >= 4 is 0 Å². The van der Waals surface area contributed by atoms with Crippen LogP contribution in [0.3, 0.4) is 0 Å². The van der Waals surface area contributed by atoms with E-state index in [-0.39, 0.29) is 6.10 Å². The number of hydrogen-bond donors (Lipinski definition) is 1. The Morgan fingerprint density at radius 3 is 2.40 bits per heavy atom. The number of rotatable bonds is 2. The third kappa shape index (κ3) is 2.20. The minimum Gasteiger partial charge on any atom is -0.485 e. The predicted molar refractivity (Wildman–Crippen MR) is 82.1 cm³/mol. The largest absolute Gasteiger partial charge is 0.485 e. The van der Waals surface area contributed by atoms with Crippen LogP contribution < -0.4 is 10.1 Å². The first kappa shape index (κ1) is 13.2. The van der Waals surface area contributed by atoms with Crippen LogP contribution in [0.1, 0.15) is 40.8 Å². The Labute approximate surface area is 120 Å². The molecule has 0 aromatic heterocycles. The minimum absolute atomic E-state index is 0.128. The molecule has 0 amide bonds. The summed E-state index contributed by atoms with van der Waals surface area (Å²) in [5.41, 5.74) is 5.22. The van der Waals surface area contributed by atoms with Gasteiger partial charge in [-0.05, 0) is 43.7 Å². The standard InChI is InChI=1S/C18H21NO/c1-12-7-6-8-13(2)18(12)17-11-15(19-3)14-9-4-5-10-16(14)20-17/h4-10,15,17,19H,11H2,1-3H3. The number of benzene rings is 2. The predicted octanol–water partition coefficient (Wildman–Crippen LogP) is 4.09. The smallest absolute Gasteiger partial charge is 0.126 e. The molecule has 2 nitrogen and oxygen atoms in total. The highest BCUT2D eigenvalue weighted by Gasteiger charge is 2.29. The first-order valence-corrected chi connectivity index (χ1v) is 7.19. The van der Waals surface area contributed by atoms with Gasteiger partial charge in [-0.25, -0.2) is 0 Å². The molecule has 20 heavy (non-hydrogen) atoms. The molecule has 1 N–H and O–H groups in total. The molecule has 1 aliphatic heterocycles. The van der Waals surface area contributed by atoms with Gasteiger partial charge in [-0.15, -0.1) is 0 Å². The summed E-state index contributed by atoms with van der Waals surface area (Å²) in [4.78, 5) is 0. The Hall–Kier alpha value is -1.80. The molecule has 2 heteroatoms. The summed E-state index contributed by atoms with van der Waals surface area (Å²) in [5.74, 6) is 1.01. The Morgan fingerprint density at radius 2 is 1.70 bits per heavy atom. The Morgan fingerprint density at radius 1 is 1.00 bits per heavy atom. The fourth-order valence-corrected chi connectivity index (χ4v) is 3.20. The van der Waals surface area contributed by atoms with Gasteiger partial charge in [-0.3, -0.25) is 0 Å². The highest BCUT2D eigenvalue weighted by molar-refractivity contribution is 5.42. The first-order valence-electron chi connectivity index (χ1n) is 7.19. The van der Waals surface area contributed by atoms with Crippen LogP contribution >= 0.6 is 0 Å². The van der Waals surface area contributed by atoms with Gasteiger partial charge >= 0.3 is 0 Å². The van der Waals surface area contributed by atoms with E-state index in [2.05, 4.69) is 55.6 Å². The van der Waals surface area contributed by atoms with Crippen LogP contribution in [0.2, 0.25) is 0 Å². The number of fused-ring (bicyclic) bond motifs is 1. The minimum atomic E-state index is 0.128. The van der Waals surface area contributed by atoms with Crippen LogP contribution in [-0.4, -0.2) is 7.05 Å². The van der Waals surface area contributed by atoms with Crippen molar-refractivity contribution < 1.29 is 4.74 Å². The molecule has 2 aromatic rings. The van der Waals surface area contributed by atoms with Crippen LogP contribution in [0.4, 0.5) is 0 Å². The summed E-state index contributed by atoms with van der Waals surface area (Å²) in [7, 11) is 2.02. The van der Waals surface area contributed by atoms with E-state index in [4.69, 9.17) is 4.74 Å². The molecule has 1 aliphatic rings. The molecule has 2 unspecified atom stereocenters. The van der Waals surface area contributed by atoms with Gasteiger partial charge in [-0.1, -0.05) is 36.4 Å². The topological polar surface area (TPSA) is 21.3 Å². The van der Waals surface area contributed by atoms with Gasteiger partial charge in [0.1, 0.15) is 11.9 Å². The molecule has 0 spiro atoms. The zero-order chi connectivity index (χ0) is 14.1. The molecule has 0 saturated heterocycles. The van der Waals surface area contributed by atoms with E-state index in [1.54, 1.807) is 0 Å². The number of para-hydroxylation sites is 1. The van der Waals surface area contributed by atoms with Crippen LogP contribution in [0.25, 0.3) is 0 Å². The summed E-state index contributed by atoms with van der Waals surface area (Å²) in [5, 5.41) is 3.42. The molecule has 0 radical (unpaired) electrons. The van der Waals surface area contributed by atoms with E-state index in [1.807, 2.05) is 13.1 Å². The number of aryl methyl sites for hydroxylation is 2. The van der Waals surface area contributed by atoms with Crippen LogP contribution in [0.15, 0.2) is 42.5 Å². The lowest BCUT2D eigenvalue weighted by molar-refractivity contribution is 0.152. The Kier molecular flexibility index (Phi) is 3.49. The SMILES string of the molecule is CNC1CC(c2c(C)cccc2C)Oc2ccccc21. The maximum atomic E-state index is 6.27. The zero-order valence-corrected chi connectivity index (χ0v) is 12.3. The van der Waals surface area contributed by atoms with E-state index in [0.29, 0.717) is 6.04 Å². The highest BCUT2D eigenvalue weighted by atomic mass is 16.5. The van der Waals surface area contributed by atoms with Crippen molar-refractivity contribution in [3.8, 4) is 5.75 Å². The van der Waals surface area contributed by atoms with Crippen molar-refractivity contribution in [3.05, 3.63) is 64.7 Å². The average Bonchev–Trinajstić information content (AvgIpc) is 2.46. The van der Waals surface area contributed by atoms with Crippen molar-refractivity contribution in [1.29, 1.82) is 0 Å². The van der Waals surface area contributed by atoms with Gasteiger partial charge in [0.05, 0.1) is 0 Å². The van der Waals surface area contributed by atoms with Crippen molar-refractivity contribution in [2.24, 2.45) is 0 Å². The summed E-state index contributed by atoms with van der Waals surface area (Å²) in [6, 6.07) is 15.1. The molecule has 2 atom stereocenters. The summed E-state index contributed by atoms with van der Waals surface area (Å²) >= 11 is 0. The van der Waals surface area contributed by atoms with Crippen molar-refractivity contribution in [1.82, 2.24) is 5.32 Å². The number of nitrogens with one attached hydrogen (secondary N) is 1. The van der Waals surface area contributed by atoms with Crippen molar-refractivity contribution in [2.45, 2.75) is 32.4 Å². The second-order valence-corrected chi connectivity index (χ2v) is 5.53. The summed E-state index contributed by atoms with van der Waals surface area (Å²) < 4.78 is 6.27. The highest BCUT2D eigenvalue weighted by Crippen LogP contribution is 2.41. The van der Waals surface area contributed by atoms with Gasteiger partial charge in [0, 0.05) is 18.0 Å². The maximum Gasteiger partial charge on any atom is 0.126 e. The molecule has 0 saturated carbocycles. The van der Waals surface area contributed by atoms with Crippen LogP contribution in [0, 0.1) is 13.8 Å². The molecule has 2 aromatic carbocycles. The lowest BCUT2D eigenvalue weighted by Gasteiger charge is -2.33. The Bertz CT molecular complexity index is 600. The molecule has 1 heterocycles. The fourth-order valence-electron chi connectivity index (χ4n) is 3.20. The lowest BCUT2D eigenvalue weighted by Crippen LogP contribution is -2.27. The number of ether oxygens (including phenoxy) is 1. The van der Waals surface area contributed by atoms with E-state index in [9.17, 15) is 0 Å².